The van der Waals surface area contributed by atoms with Crippen molar-refractivity contribution in [1.29, 1.82) is 0 Å². The fraction of sp³-hybridized carbons (Fsp3) is 0.889. The summed E-state index contributed by atoms with van der Waals surface area (Å²) in [5.41, 5.74) is 0. The maximum atomic E-state index is 11.0. The van der Waals surface area contributed by atoms with Crippen LogP contribution in [0.1, 0.15) is 26.7 Å². The molecule has 0 fully saturated rings. The average Bonchev–Trinajstić information content (AvgIpc) is 2.14. The molecule has 1 unspecified atom stereocenters. The average molecular weight is 204 g/mol. The minimum Gasteiger partial charge on any atom is -0.338 e. The number of urea groups is 1. The van der Waals surface area contributed by atoms with Crippen LogP contribution in [0.3, 0.4) is 0 Å². The highest BCUT2D eigenvalue weighted by molar-refractivity contribution is 7.99. The molecule has 1 atom stereocenters. The van der Waals surface area contributed by atoms with Crippen molar-refractivity contribution in [2.45, 2.75) is 31.9 Å². The van der Waals surface area contributed by atoms with Gasteiger partial charge in [-0.2, -0.15) is 11.8 Å². The van der Waals surface area contributed by atoms with Gasteiger partial charge in [-0.15, -0.1) is 0 Å². The molecule has 0 aliphatic heterocycles. The molecule has 2 amide bonds. The summed E-state index contributed by atoms with van der Waals surface area (Å²) in [6.07, 6.45) is 4.09. The quantitative estimate of drug-likeness (QED) is 0.693. The zero-order valence-corrected chi connectivity index (χ0v) is 9.54. The van der Waals surface area contributed by atoms with Crippen LogP contribution in [0.25, 0.3) is 0 Å². The van der Waals surface area contributed by atoms with Crippen molar-refractivity contribution >= 4 is 17.8 Å². The second kappa shape index (κ2) is 8.23. The van der Waals surface area contributed by atoms with Crippen LogP contribution >= 0.6 is 11.8 Å². The Bertz CT molecular complexity index is 142. The van der Waals surface area contributed by atoms with E-state index in [2.05, 4.69) is 23.8 Å². The Balaban J connectivity index is 3.26. The first-order valence-corrected chi connectivity index (χ1v) is 6.04. The van der Waals surface area contributed by atoms with Gasteiger partial charge in [0.25, 0.3) is 0 Å². The Morgan fingerprint density at radius 2 is 2.00 bits per heavy atom. The van der Waals surface area contributed by atoms with Gasteiger partial charge in [-0.25, -0.2) is 4.79 Å². The van der Waals surface area contributed by atoms with Crippen molar-refractivity contribution in [3.8, 4) is 0 Å². The van der Waals surface area contributed by atoms with Crippen molar-refractivity contribution < 1.29 is 4.79 Å². The summed E-state index contributed by atoms with van der Waals surface area (Å²) in [5.74, 6) is 0. The van der Waals surface area contributed by atoms with Crippen LogP contribution in [0.2, 0.25) is 0 Å². The molecule has 0 heterocycles. The molecule has 0 radical (unpaired) electrons. The SMILES string of the molecule is CCCNC(=O)NCCC(C)SC. The van der Waals surface area contributed by atoms with E-state index in [1.54, 1.807) is 0 Å². The number of hydrogen-bond donors (Lipinski definition) is 2. The van der Waals surface area contributed by atoms with E-state index in [-0.39, 0.29) is 6.03 Å². The van der Waals surface area contributed by atoms with E-state index in [1.807, 2.05) is 18.7 Å². The summed E-state index contributed by atoms with van der Waals surface area (Å²) in [7, 11) is 0. The third-order valence-corrected chi connectivity index (χ3v) is 2.81. The molecule has 3 nitrogen and oxygen atoms in total. The van der Waals surface area contributed by atoms with Crippen LogP contribution in [0.5, 0.6) is 0 Å². The van der Waals surface area contributed by atoms with E-state index in [0.29, 0.717) is 5.25 Å². The van der Waals surface area contributed by atoms with Crippen molar-refractivity contribution in [2.24, 2.45) is 0 Å². The smallest absolute Gasteiger partial charge is 0.314 e. The van der Waals surface area contributed by atoms with Gasteiger partial charge in [-0.3, -0.25) is 0 Å². The summed E-state index contributed by atoms with van der Waals surface area (Å²) in [6, 6.07) is -0.0462. The molecule has 0 aromatic carbocycles. The van der Waals surface area contributed by atoms with Gasteiger partial charge in [0.05, 0.1) is 0 Å². The second-order valence-electron chi connectivity index (χ2n) is 3.02. The van der Waals surface area contributed by atoms with Gasteiger partial charge in [0.2, 0.25) is 0 Å². The molecule has 0 saturated heterocycles. The molecule has 78 valence electrons. The molecule has 0 aliphatic carbocycles. The van der Waals surface area contributed by atoms with Crippen molar-refractivity contribution in [2.75, 3.05) is 19.3 Å². The normalized spacial score (nSPS) is 12.2. The summed E-state index contributed by atoms with van der Waals surface area (Å²) in [6.45, 7) is 5.72. The highest BCUT2D eigenvalue weighted by Gasteiger charge is 2.00. The molecule has 4 heteroatoms. The lowest BCUT2D eigenvalue weighted by Crippen LogP contribution is -2.36. The molecular formula is C9H20N2OS. The fourth-order valence-electron chi connectivity index (χ4n) is 0.808. The number of hydrogen-bond acceptors (Lipinski definition) is 2. The lowest BCUT2D eigenvalue weighted by atomic mass is 10.3. The van der Waals surface area contributed by atoms with Gasteiger partial charge < -0.3 is 10.6 Å². The standard InChI is InChI=1S/C9H20N2OS/c1-4-6-10-9(12)11-7-5-8(2)13-3/h8H,4-7H2,1-3H3,(H2,10,11,12). The molecular weight excluding hydrogens is 184 g/mol. The van der Waals surface area contributed by atoms with Crippen molar-refractivity contribution in [3.63, 3.8) is 0 Å². The summed E-state index contributed by atoms with van der Waals surface area (Å²) in [5, 5.41) is 6.20. The van der Waals surface area contributed by atoms with Crippen LogP contribution in [0.4, 0.5) is 4.79 Å². The third-order valence-electron chi connectivity index (χ3n) is 1.77. The van der Waals surface area contributed by atoms with Gasteiger partial charge in [0, 0.05) is 18.3 Å². The highest BCUT2D eigenvalue weighted by atomic mass is 32.2. The molecule has 2 N–H and O–H groups in total. The zero-order valence-electron chi connectivity index (χ0n) is 8.72. The first-order chi connectivity index (χ1) is 6.20. The number of carbonyl (C=O) groups is 1. The Morgan fingerprint density at radius 3 is 2.54 bits per heavy atom. The zero-order chi connectivity index (χ0) is 10.1. The monoisotopic (exact) mass is 204 g/mol. The van der Waals surface area contributed by atoms with Gasteiger partial charge in [0.1, 0.15) is 0 Å². The van der Waals surface area contributed by atoms with Crippen LogP contribution in [-0.4, -0.2) is 30.6 Å². The van der Waals surface area contributed by atoms with Crippen LogP contribution in [0, 0.1) is 0 Å². The summed E-state index contributed by atoms with van der Waals surface area (Å²) < 4.78 is 0. The number of amides is 2. The third kappa shape index (κ3) is 7.96. The van der Waals surface area contributed by atoms with Gasteiger partial charge in [-0.05, 0) is 19.1 Å². The van der Waals surface area contributed by atoms with Crippen molar-refractivity contribution in [1.82, 2.24) is 10.6 Å². The molecule has 0 saturated carbocycles. The predicted molar refractivity (Wildman–Crippen MR) is 59.3 cm³/mol. The Labute approximate surface area is 85.0 Å². The largest absolute Gasteiger partial charge is 0.338 e. The number of nitrogens with one attached hydrogen (secondary N) is 2. The Kier molecular flexibility index (Phi) is 7.99. The van der Waals surface area contributed by atoms with Gasteiger partial charge in [0.15, 0.2) is 0 Å². The molecule has 0 rings (SSSR count). The lowest BCUT2D eigenvalue weighted by Gasteiger charge is -2.09. The molecule has 0 bridgehead atoms. The number of carbonyl (C=O) groups excluding carboxylic acids is 1. The predicted octanol–water partition coefficient (Wildman–Crippen LogP) is 1.84. The minimum absolute atomic E-state index is 0.0462. The first kappa shape index (κ1) is 12.6. The maximum absolute atomic E-state index is 11.0. The van der Waals surface area contributed by atoms with Crippen LogP contribution in [0.15, 0.2) is 0 Å². The summed E-state index contributed by atoms with van der Waals surface area (Å²) >= 11 is 1.82. The molecule has 0 aromatic rings. The summed E-state index contributed by atoms with van der Waals surface area (Å²) in [4.78, 5) is 11.0. The molecule has 0 spiro atoms. The van der Waals surface area contributed by atoms with E-state index >= 15 is 0 Å². The molecule has 0 aromatic heterocycles. The number of rotatable bonds is 6. The van der Waals surface area contributed by atoms with E-state index in [0.717, 1.165) is 25.9 Å². The van der Waals surface area contributed by atoms with Crippen molar-refractivity contribution in [3.05, 3.63) is 0 Å². The van der Waals surface area contributed by atoms with E-state index in [4.69, 9.17) is 0 Å². The first-order valence-electron chi connectivity index (χ1n) is 4.75. The lowest BCUT2D eigenvalue weighted by molar-refractivity contribution is 0.241. The van der Waals surface area contributed by atoms with Crippen LogP contribution in [-0.2, 0) is 0 Å². The highest BCUT2D eigenvalue weighted by Crippen LogP contribution is 2.07. The Hall–Kier alpha value is -0.380. The van der Waals surface area contributed by atoms with Gasteiger partial charge >= 0.3 is 6.03 Å². The van der Waals surface area contributed by atoms with E-state index in [9.17, 15) is 4.79 Å². The Morgan fingerprint density at radius 1 is 1.38 bits per heavy atom. The minimum atomic E-state index is -0.0462. The maximum Gasteiger partial charge on any atom is 0.314 e. The van der Waals surface area contributed by atoms with E-state index in [1.165, 1.54) is 0 Å². The van der Waals surface area contributed by atoms with E-state index < -0.39 is 0 Å². The molecule has 13 heavy (non-hydrogen) atoms. The molecule has 0 aliphatic rings. The van der Waals surface area contributed by atoms with Crippen LogP contribution < -0.4 is 10.6 Å². The van der Waals surface area contributed by atoms with Gasteiger partial charge in [-0.1, -0.05) is 13.8 Å². The number of thioether (sulfide) groups is 1. The topological polar surface area (TPSA) is 41.1 Å². The fourth-order valence-corrected chi connectivity index (χ4v) is 1.16. The second-order valence-corrected chi connectivity index (χ2v) is 4.29.